The van der Waals surface area contributed by atoms with E-state index in [0.717, 1.165) is 22.4 Å². The average molecular weight is 407 g/mol. The summed E-state index contributed by atoms with van der Waals surface area (Å²) in [5.74, 6) is 1.38. The van der Waals surface area contributed by atoms with Crippen LogP contribution in [0.25, 0.3) is 22.4 Å². The van der Waals surface area contributed by atoms with Crippen LogP contribution in [0, 0.1) is 0 Å². The minimum atomic E-state index is 0.0917. The first-order valence-electron chi connectivity index (χ1n) is 9.03. The van der Waals surface area contributed by atoms with Gasteiger partial charge in [0.25, 0.3) is 0 Å². The van der Waals surface area contributed by atoms with E-state index in [4.69, 9.17) is 21.1 Å². The lowest BCUT2D eigenvalue weighted by atomic mass is 10.0. The zero-order valence-corrected chi connectivity index (χ0v) is 16.5. The maximum atomic E-state index is 10.6. The van der Waals surface area contributed by atoms with Crippen LogP contribution in [-0.4, -0.2) is 22.4 Å². The number of hydrogen-bond acceptors (Lipinski definition) is 4. The number of ether oxygens (including phenoxy) is 2. The van der Waals surface area contributed by atoms with E-state index in [1.165, 1.54) is 0 Å². The Morgan fingerprint density at radius 3 is 2.62 bits per heavy atom. The van der Waals surface area contributed by atoms with Crippen LogP contribution in [0.2, 0.25) is 5.02 Å². The molecule has 4 aromatic rings. The summed E-state index contributed by atoms with van der Waals surface area (Å²) in [5.41, 5.74) is 4.00. The highest BCUT2D eigenvalue weighted by molar-refractivity contribution is 6.30. The monoisotopic (exact) mass is 406 g/mol. The standard InChI is InChI=1S/C23H19ClN2O3/c1-28-22-8-3-2-7-18(22)20-13-25-26-23(20)19-10-9-17(12-21(19)27)29-14-15-5-4-6-16(24)11-15/h2-13,27H,14H2,1H3,(H,25,26). The normalized spacial score (nSPS) is 10.7. The van der Waals surface area contributed by atoms with Gasteiger partial charge in [-0.25, -0.2) is 0 Å². The molecule has 0 bridgehead atoms. The molecule has 0 aliphatic rings. The first-order valence-corrected chi connectivity index (χ1v) is 9.41. The fourth-order valence-electron chi connectivity index (χ4n) is 3.17. The van der Waals surface area contributed by atoms with Gasteiger partial charge in [-0.1, -0.05) is 41.9 Å². The van der Waals surface area contributed by atoms with Crippen LogP contribution in [0.1, 0.15) is 5.56 Å². The van der Waals surface area contributed by atoms with Crippen molar-refractivity contribution in [3.8, 4) is 39.6 Å². The molecule has 0 amide bonds. The number of H-pyrrole nitrogens is 1. The average Bonchev–Trinajstić information content (AvgIpc) is 3.21. The Balaban J connectivity index is 1.60. The summed E-state index contributed by atoms with van der Waals surface area (Å²) in [6.45, 7) is 0.357. The summed E-state index contributed by atoms with van der Waals surface area (Å²) >= 11 is 6.00. The quantitative estimate of drug-likeness (QED) is 0.431. The predicted octanol–water partition coefficient (Wildman–Crippen LogP) is 5.69. The number of phenolic OH excluding ortho intramolecular Hbond substituents is 1. The number of aromatic hydroxyl groups is 1. The van der Waals surface area contributed by atoms with Crippen LogP contribution in [0.5, 0.6) is 17.2 Å². The summed E-state index contributed by atoms with van der Waals surface area (Å²) in [4.78, 5) is 0. The van der Waals surface area contributed by atoms with Crippen LogP contribution in [0.15, 0.2) is 72.9 Å². The minimum absolute atomic E-state index is 0.0917. The Bertz CT molecular complexity index is 1140. The number of aromatic nitrogens is 2. The van der Waals surface area contributed by atoms with Crippen molar-refractivity contribution < 1.29 is 14.6 Å². The van der Waals surface area contributed by atoms with Gasteiger partial charge < -0.3 is 14.6 Å². The zero-order chi connectivity index (χ0) is 20.2. The number of halogens is 1. The molecule has 1 aromatic heterocycles. The van der Waals surface area contributed by atoms with E-state index in [9.17, 15) is 5.11 Å². The van der Waals surface area contributed by atoms with Crippen molar-refractivity contribution in [1.29, 1.82) is 0 Å². The van der Waals surface area contributed by atoms with Crippen molar-refractivity contribution >= 4 is 11.6 Å². The molecular formula is C23H19ClN2O3. The number of nitrogens with one attached hydrogen (secondary N) is 1. The number of rotatable bonds is 6. The van der Waals surface area contributed by atoms with Gasteiger partial charge in [0.15, 0.2) is 0 Å². The third kappa shape index (κ3) is 4.05. The molecule has 2 N–H and O–H groups in total. The van der Waals surface area contributed by atoms with Gasteiger partial charge >= 0.3 is 0 Å². The lowest BCUT2D eigenvalue weighted by Gasteiger charge is -2.11. The molecule has 0 fully saturated rings. The second-order valence-electron chi connectivity index (χ2n) is 6.46. The maximum Gasteiger partial charge on any atom is 0.128 e. The molecule has 4 rings (SSSR count). The second-order valence-corrected chi connectivity index (χ2v) is 6.89. The van der Waals surface area contributed by atoms with E-state index in [1.807, 2.05) is 54.6 Å². The first-order chi connectivity index (χ1) is 14.2. The number of phenols is 1. The second kappa shape index (κ2) is 8.29. The van der Waals surface area contributed by atoms with Crippen molar-refractivity contribution in [2.45, 2.75) is 6.61 Å². The molecule has 0 radical (unpaired) electrons. The molecule has 0 saturated heterocycles. The Morgan fingerprint density at radius 2 is 1.83 bits per heavy atom. The molecule has 6 heteroatoms. The summed E-state index contributed by atoms with van der Waals surface area (Å²) in [6.07, 6.45) is 1.72. The van der Waals surface area contributed by atoms with Crippen molar-refractivity contribution in [2.75, 3.05) is 7.11 Å². The van der Waals surface area contributed by atoms with Crippen LogP contribution in [-0.2, 0) is 6.61 Å². The van der Waals surface area contributed by atoms with E-state index >= 15 is 0 Å². The fourth-order valence-corrected chi connectivity index (χ4v) is 3.38. The fraction of sp³-hybridized carbons (Fsp3) is 0.0870. The van der Waals surface area contributed by atoms with Gasteiger partial charge in [-0.05, 0) is 35.9 Å². The summed E-state index contributed by atoms with van der Waals surface area (Å²) in [7, 11) is 1.63. The molecule has 3 aromatic carbocycles. The number of benzene rings is 3. The Hall–Kier alpha value is -3.44. The molecule has 0 saturated carbocycles. The first kappa shape index (κ1) is 18.9. The Morgan fingerprint density at radius 1 is 0.966 bits per heavy atom. The highest BCUT2D eigenvalue weighted by atomic mass is 35.5. The molecule has 0 atom stereocenters. The van der Waals surface area contributed by atoms with Crippen molar-refractivity contribution in [2.24, 2.45) is 0 Å². The minimum Gasteiger partial charge on any atom is -0.507 e. The number of methoxy groups -OCH3 is 1. The third-order valence-electron chi connectivity index (χ3n) is 4.57. The highest BCUT2D eigenvalue weighted by Gasteiger charge is 2.16. The Labute approximate surface area is 173 Å². The van der Waals surface area contributed by atoms with Gasteiger partial charge in [-0.2, -0.15) is 5.10 Å². The van der Waals surface area contributed by atoms with E-state index < -0.39 is 0 Å². The van der Waals surface area contributed by atoms with E-state index in [-0.39, 0.29) is 5.75 Å². The molecule has 0 aliphatic heterocycles. The zero-order valence-electron chi connectivity index (χ0n) is 15.7. The Kier molecular flexibility index (Phi) is 5.40. The molecule has 0 spiro atoms. The van der Waals surface area contributed by atoms with Gasteiger partial charge in [0.2, 0.25) is 0 Å². The van der Waals surface area contributed by atoms with E-state index in [1.54, 1.807) is 25.4 Å². The smallest absolute Gasteiger partial charge is 0.128 e. The summed E-state index contributed by atoms with van der Waals surface area (Å²) in [5, 5.41) is 18.4. The van der Waals surface area contributed by atoms with Crippen molar-refractivity contribution in [1.82, 2.24) is 10.2 Å². The lowest BCUT2D eigenvalue weighted by molar-refractivity contribution is 0.304. The van der Waals surface area contributed by atoms with Crippen LogP contribution >= 0.6 is 11.6 Å². The topological polar surface area (TPSA) is 67.4 Å². The SMILES string of the molecule is COc1ccccc1-c1cn[nH]c1-c1ccc(OCc2cccc(Cl)c2)cc1O. The molecule has 0 aliphatic carbocycles. The van der Waals surface area contributed by atoms with Crippen molar-refractivity contribution in [3.05, 3.63) is 83.5 Å². The molecule has 0 unspecified atom stereocenters. The van der Waals surface area contributed by atoms with E-state index in [2.05, 4.69) is 10.2 Å². The van der Waals surface area contributed by atoms with E-state index in [0.29, 0.717) is 28.6 Å². The van der Waals surface area contributed by atoms with Gasteiger partial charge in [0.1, 0.15) is 23.9 Å². The molecular weight excluding hydrogens is 388 g/mol. The summed E-state index contributed by atoms with van der Waals surface area (Å²) in [6, 6.07) is 20.4. The van der Waals surface area contributed by atoms with Crippen LogP contribution in [0.4, 0.5) is 0 Å². The van der Waals surface area contributed by atoms with Gasteiger partial charge in [-0.3, -0.25) is 5.10 Å². The third-order valence-corrected chi connectivity index (χ3v) is 4.80. The number of hydrogen-bond donors (Lipinski definition) is 2. The van der Waals surface area contributed by atoms with Crippen LogP contribution in [0.3, 0.4) is 0 Å². The number of aromatic amines is 1. The summed E-state index contributed by atoms with van der Waals surface area (Å²) < 4.78 is 11.2. The lowest BCUT2D eigenvalue weighted by Crippen LogP contribution is -1.95. The van der Waals surface area contributed by atoms with Crippen LogP contribution < -0.4 is 9.47 Å². The maximum absolute atomic E-state index is 10.6. The molecule has 146 valence electrons. The number of nitrogens with zero attached hydrogens (tertiary/aromatic N) is 1. The predicted molar refractivity (Wildman–Crippen MR) is 113 cm³/mol. The van der Waals surface area contributed by atoms with Gasteiger partial charge in [-0.15, -0.1) is 0 Å². The largest absolute Gasteiger partial charge is 0.507 e. The van der Waals surface area contributed by atoms with Gasteiger partial charge in [0, 0.05) is 27.8 Å². The van der Waals surface area contributed by atoms with Crippen molar-refractivity contribution in [3.63, 3.8) is 0 Å². The highest BCUT2D eigenvalue weighted by Crippen LogP contribution is 2.40. The molecule has 5 nitrogen and oxygen atoms in total. The molecule has 1 heterocycles. The van der Waals surface area contributed by atoms with Gasteiger partial charge in [0.05, 0.1) is 19.0 Å². The number of para-hydroxylation sites is 1. The molecule has 29 heavy (non-hydrogen) atoms.